The zero-order valence-corrected chi connectivity index (χ0v) is 40.4. The van der Waals surface area contributed by atoms with Gasteiger partial charge in [0, 0.05) is 38.6 Å². The Labute approximate surface area is 410 Å². The molecule has 69 heavy (non-hydrogen) atoms. The van der Waals surface area contributed by atoms with Gasteiger partial charge in [-0.15, -0.1) is 5.46 Å². The zero-order valence-electron chi connectivity index (χ0n) is 40.4. The molecule has 2 aromatic heterocycles. The van der Waals surface area contributed by atoms with Gasteiger partial charge < -0.3 is 9.13 Å². The number of nitrogens with zero attached hydrogens (tertiary/aromatic N) is 2. The Kier molecular flexibility index (Phi) is 10.4. The molecule has 0 radical (unpaired) electrons. The van der Waals surface area contributed by atoms with E-state index in [2.05, 4.69) is 264 Å². The van der Waals surface area contributed by atoms with Crippen LogP contribution in [0.1, 0.15) is 0 Å². The van der Waals surface area contributed by atoms with E-state index in [0.717, 1.165) is 5.69 Å². The second-order valence-electron chi connectivity index (χ2n) is 19.1. The molecule has 0 spiro atoms. The Morgan fingerprint density at radius 1 is 0.246 bits per heavy atom. The third-order valence-electron chi connectivity index (χ3n) is 15.5. The zero-order chi connectivity index (χ0) is 47.1. The summed E-state index contributed by atoms with van der Waals surface area (Å²) in [5, 5.41) is 5.19. The van der Waals surface area contributed by atoms with Crippen LogP contribution in [0.5, 0.6) is 0 Å². The predicted octanol–water partition coefficient (Wildman–Crippen LogP) is 4.02. The third kappa shape index (κ3) is 6.89. The molecule has 12 aromatic rings. The summed E-state index contributed by atoms with van der Waals surface area (Å²) in [6.07, 6.45) is 0. The lowest BCUT2D eigenvalue weighted by molar-refractivity contribution is 1.18. The van der Waals surface area contributed by atoms with Gasteiger partial charge in [-0.3, -0.25) is 0 Å². The molecule has 0 bridgehead atoms. The van der Waals surface area contributed by atoms with E-state index < -0.39 is 0 Å². The molecular formula is C60H47B7N2. The molecule has 2 heterocycles. The highest BCUT2D eigenvalue weighted by atomic mass is 15.0. The van der Waals surface area contributed by atoms with Crippen LogP contribution in [0.2, 0.25) is 0 Å². The van der Waals surface area contributed by atoms with E-state index in [1.807, 2.05) is 0 Å². The maximum atomic E-state index is 2.57. The van der Waals surface area contributed by atoms with Crippen LogP contribution in [0, 0.1) is 0 Å². The fourth-order valence-electron chi connectivity index (χ4n) is 11.4. The van der Waals surface area contributed by atoms with Crippen molar-refractivity contribution in [2.75, 3.05) is 0 Å². The van der Waals surface area contributed by atoms with Crippen molar-refractivity contribution in [3.8, 4) is 67.0 Å². The summed E-state index contributed by atoms with van der Waals surface area (Å²) in [6.45, 7) is 0. The average molecular weight is 872 g/mol. The summed E-state index contributed by atoms with van der Waals surface area (Å²) in [5.74, 6) is 0. The molecule has 0 amide bonds. The van der Waals surface area contributed by atoms with E-state index in [4.69, 9.17) is 0 Å². The lowest BCUT2D eigenvalue weighted by Crippen LogP contribution is -2.48. The standard InChI is InChI=1S/C60H47B7N2/c61-52-49(53(62)57(66)59-50(52)51-54(63)55(64)56(65)58(67)60(51)69(59)44-28-22-39(23-29-44)36-14-8-3-9-15-36)42-25-31-48-46(33-42)45-32-41(40-18-16-37(17-19-40)34-10-4-1-5-11-34)24-30-47(45)68(48)43-26-20-38(21-27-43)35-12-6-2-7-13-35/h1-33H,61-67H2. The van der Waals surface area contributed by atoms with Crippen molar-refractivity contribution >= 4 is 137 Å². The van der Waals surface area contributed by atoms with Gasteiger partial charge in [0.15, 0.2) is 0 Å². The van der Waals surface area contributed by atoms with Gasteiger partial charge in [-0.1, -0.05) is 184 Å². The topological polar surface area (TPSA) is 9.86 Å². The van der Waals surface area contributed by atoms with Crippen LogP contribution in [-0.2, 0) is 0 Å². The Balaban J connectivity index is 1.07. The van der Waals surface area contributed by atoms with Crippen LogP contribution < -0.4 is 38.2 Å². The summed E-state index contributed by atoms with van der Waals surface area (Å²) in [5.41, 5.74) is 29.0. The van der Waals surface area contributed by atoms with Crippen molar-refractivity contribution in [1.82, 2.24) is 9.13 Å². The lowest BCUT2D eigenvalue weighted by atomic mass is 9.64. The van der Waals surface area contributed by atoms with Gasteiger partial charge in [0.25, 0.3) is 0 Å². The number of benzene rings is 10. The molecule has 0 aliphatic heterocycles. The molecule has 2 nitrogen and oxygen atoms in total. The first-order chi connectivity index (χ1) is 33.7. The van der Waals surface area contributed by atoms with Crippen LogP contribution in [-0.4, -0.2) is 64.1 Å². The molecule has 0 fully saturated rings. The van der Waals surface area contributed by atoms with Crippen LogP contribution in [0.3, 0.4) is 0 Å². The second-order valence-corrected chi connectivity index (χ2v) is 19.1. The summed E-state index contributed by atoms with van der Waals surface area (Å²) >= 11 is 0. The molecular weight excluding hydrogens is 824 g/mol. The van der Waals surface area contributed by atoms with Crippen molar-refractivity contribution in [1.29, 1.82) is 0 Å². The molecule has 12 rings (SSSR count). The van der Waals surface area contributed by atoms with Crippen LogP contribution in [0.15, 0.2) is 200 Å². The highest BCUT2D eigenvalue weighted by Crippen LogP contribution is 2.39. The number of hydrogen-bond acceptors (Lipinski definition) is 0. The SMILES string of the molecule is Bc1c(B)c(B)c2c(c1B)c1c(B)c(-c3ccc4c(c3)c3cc(-c5ccc(-c6ccccc6)cc5)ccc3n4-c3ccc(-c4ccccc4)cc3)c(B)c(B)c1n2-c1ccc(-c2ccccc2)cc1. The smallest absolute Gasteiger partial charge is 0.141 e. The fourth-order valence-corrected chi connectivity index (χ4v) is 11.4. The van der Waals surface area contributed by atoms with Crippen molar-refractivity contribution in [2.45, 2.75) is 0 Å². The van der Waals surface area contributed by atoms with E-state index in [9.17, 15) is 0 Å². The van der Waals surface area contributed by atoms with Crippen molar-refractivity contribution in [2.24, 2.45) is 0 Å². The van der Waals surface area contributed by atoms with Crippen LogP contribution in [0.4, 0.5) is 0 Å². The van der Waals surface area contributed by atoms with E-state index in [0.29, 0.717) is 0 Å². The molecule has 318 valence electrons. The van der Waals surface area contributed by atoms with Crippen LogP contribution >= 0.6 is 0 Å². The first kappa shape index (κ1) is 42.6. The molecule has 10 aromatic carbocycles. The summed E-state index contributed by atoms with van der Waals surface area (Å²) in [4.78, 5) is 0. The number of hydrogen-bond donors (Lipinski definition) is 0. The number of fused-ring (bicyclic) bond motifs is 6. The van der Waals surface area contributed by atoms with E-state index in [-0.39, 0.29) is 0 Å². The molecule has 9 heteroatoms. The van der Waals surface area contributed by atoms with Gasteiger partial charge in [-0.05, 0) is 110 Å². The minimum Gasteiger partial charge on any atom is -0.310 e. The van der Waals surface area contributed by atoms with E-state index >= 15 is 0 Å². The molecule has 0 saturated heterocycles. The van der Waals surface area contributed by atoms with Gasteiger partial charge in [-0.2, -0.15) is 0 Å². The fraction of sp³-hybridized carbons (Fsp3) is 0. The molecule has 0 atom stereocenters. The van der Waals surface area contributed by atoms with Gasteiger partial charge in [-0.25, -0.2) is 0 Å². The first-order valence-electron chi connectivity index (χ1n) is 24.3. The lowest BCUT2D eigenvalue weighted by Gasteiger charge is -2.19. The number of aromatic nitrogens is 2. The predicted molar refractivity (Wildman–Crippen MR) is 320 cm³/mol. The van der Waals surface area contributed by atoms with Crippen molar-refractivity contribution in [3.05, 3.63) is 200 Å². The quantitative estimate of drug-likeness (QED) is 0.215. The molecule has 0 unspecified atom stereocenters. The first-order valence-corrected chi connectivity index (χ1v) is 24.3. The minimum atomic E-state index is 1.15. The Morgan fingerprint density at radius 2 is 0.580 bits per heavy atom. The van der Waals surface area contributed by atoms with Gasteiger partial charge in [0.1, 0.15) is 54.9 Å². The normalized spacial score (nSPS) is 11.6. The van der Waals surface area contributed by atoms with Gasteiger partial charge in [0.05, 0.1) is 11.0 Å². The Hall–Kier alpha value is -7.75. The molecule has 0 saturated carbocycles. The third-order valence-corrected chi connectivity index (χ3v) is 15.5. The maximum Gasteiger partial charge on any atom is 0.141 e. The molecule has 0 aliphatic rings. The second kappa shape index (κ2) is 16.8. The van der Waals surface area contributed by atoms with E-state index in [1.165, 1.54) is 143 Å². The number of rotatable bonds is 7. The summed E-state index contributed by atoms with van der Waals surface area (Å²) in [6, 6.07) is 73.5. The molecule has 0 N–H and O–H groups in total. The minimum absolute atomic E-state index is 1.15. The van der Waals surface area contributed by atoms with Crippen LogP contribution in [0.25, 0.3) is 111 Å². The molecule has 0 aliphatic carbocycles. The highest BCUT2D eigenvalue weighted by Gasteiger charge is 2.25. The summed E-state index contributed by atoms with van der Waals surface area (Å²) < 4.78 is 5.02. The Bertz CT molecular complexity index is 3980. The average Bonchev–Trinajstić information content (AvgIpc) is 3.94. The largest absolute Gasteiger partial charge is 0.310 e. The Morgan fingerprint density at radius 3 is 1.06 bits per heavy atom. The highest BCUT2D eigenvalue weighted by molar-refractivity contribution is 6.69. The van der Waals surface area contributed by atoms with E-state index in [1.54, 1.807) is 0 Å². The maximum absolute atomic E-state index is 2.57. The van der Waals surface area contributed by atoms with Crippen molar-refractivity contribution < 1.29 is 0 Å². The van der Waals surface area contributed by atoms with Gasteiger partial charge >= 0.3 is 0 Å². The van der Waals surface area contributed by atoms with Gasteiger partial charge in [0.2, 0.25) is 0 Å². The van der Waals surface area contributed by atoms with Crippen molar-refractivity contribution in [3.63, 3.8) is 0 Å². The summed E-state index contributed by atoms with van der Waals surface area (Å²) in [7, 11) is 16.3. The monoisotopic (exact) mass is 872 g/mol.